The Balaban J connectivity index is 1.41. The molecule has 0 unspecified atom stereocenters. The van der Waals surface area contributed by atoms with Crippen LogP contribution >= 0.6 is 0 Å². The molecule has 3 rings (SSSR count). The van der Waals surface area contributed by atoms with Gasteiger partial charge in [-0.3, -0.25) is 4.98 Å². The molecule has 0 spiro atoms. The van der Waals surface area contributed by atoms with Gasteiger partial charge in [0.2, 0.25) is 0 Å². The fourth-order valence-corrected chi connectivity index (χ4v) is 4.68. The Morgan fingerprint density at radius 3 is 2.13 bits per heavy atom. The van der Waals surface area contributed by atoms with E-state index in [4.69, 9.17) is 4.74 Å². The van der Waals surface area contributed by atoms with Crippen molar-refractivity contribution in [3.05, 3.63) is 48.2 Å². The van der Waals surface area contributed by atoms with Crippen LogP contribution in [-0.4, -0.2) is 11.6 Å². The van der Waals surface area contributed by atoms with Gasteiger partial charge in [0.15, 0.2) is 0 Å². The van der Waals surface area contributed by atoms with Crippen LogP contribution in [0.15, 0.2) is 42.6 Å². The monoisotopic (exact) mass is 407 g/mol. The van der Waals surface area contributed by atoms with Crippen LogP contribution in [0.5, 0.6) is 5.75 Å². The normalized spacial score (nSPS) is 19.0. The summed E-state index contributed by atoms with van der Waals surface area (Å²) in [5.74, 6) is 2.82. The standard InChI is InChI=1S/C28H41NO/c1-3-5-7-8-23-9-11-24(12-10-23)13-14-25-15-17-26(18-16-25)28-20-19-27(22-29-28)30-21-6-4-2/h15-20,22-24H,3-14,21H2,1-2H3/t23-,24-. The van der Waals surface area contributed by atoms with Gasteiger partial charge in [0.05, 0.1) is 18.5 Å². The highest BCUT2D eigenvalue weighted by Gasteiger charge is 2.20. The molecule has 1 heterocycles. The van der Waals surface area contributed by atoms with Crippen LogP contribution in [0.25, 0.3) is 11.3 Å². The summed E-state index contributed by atoms with van der Waals surface area (Å²) < 4.78 is 5.71. The minimum absolute atomic E-state index is 0.771. The lowest BCUT2D eigenvalue weighted by Gasteiger charge is -2.28. The summed E-state index contributed by atoms with van der Waals surface area (Å²) in [6.07, 6.45) is 18.2. The van der Waals surface area contributed by atoms with Crippen molar-refractivity contribution in [3.63, 3.8) is 0 Å². The second-order valence-electron chi connectivity index (χ2n) is 9.20. The van der Waals surface area contributed by atoms with Gasteiger partial charge >= 0.3 is 0 Å². The van der Waals surface area contributed by atoms with Gasteiger partial charge in [0, 0.05) is 5.56 Å². The third-order valence-electron chi connectivity index (χ3n) is 6.78. The Morgan fingerprint density at radius 2 is 1.50 bits per heavy atom. The van der Waals surface area contributed by atoms with Gasteiger partial charge < -0.3 is 4.74 Å². The molecule has 2 aromatic rings. The number of ether oxygens (including phenoxy) is 1. The first kappa shape index (κ1) is 22.8. The smallest absolute Gasteiger partial charge is 0.137 e. The zero-order chi connectivity index (χ0) is 21.0. The van der Waals surface area contributed by atoms with Gasteiger partial charge in [-0.2, -0.15) is 0 Å². The highest BCUT2D eigenvalue weighted by molar-refractivity contribution is 5.59. The highest BCUT2D eigenvalue weighted by atomic mass is 16.5. The van der Waals surface area contributed by atoms with Crippen molar-refractivity contribution >= 4 is 0 Å². The van der Waals surface area contributed by atoms with Crippen molar-refractivity contribution in [1.29, 1.82) is 0 Å². The predicted molar refractivity (Wildman–Crippen MR) is 128 cm³/mol. The van der Waals surface area contributed by atoms with Gasteiger partial charge in [0.1, 0.15) is 5.75 Å². The first-order chi connectivity index (χ1) is 14.8. The van der Waals surface area contributed by atoms with Crippen LogP contribution in [-0.2, 0) is 6.42 Å². The van der Waals surface area contributed by atoms with Crippen molar-refractivity contribution in [2.24, 2.45) is 11.8 Å². The Hall–Kier alpha value is -1.83. The van der Waals surface area contributed by atoms with E-state index in [0.29, 0.717) is 0 Å². The molecule has 2 heteroatoms. The molecule has 0 amide bonds. The number of unbranched alkanes of at least 4 members (excludes halogenated alkanes) is 3. The van der Waals surface area contributed by atoms with E-state index in [0.717, 1.165) is 42.7 Å². The Labute approximate surface area is 184 Å². The van der Waals surface area contributed by atoms with Crippen LogP contribution in [0, 0.1) is 11.8 Å². The molecule has 1 fully saturated rings. The molecule has 2 nitrogen and oxygen atoms in total. The lowest BCUT2D eigenvalue weighted by molar-refractivity contribution is 0.249. The summed E-state index contributed by atoms with van der Waals surface area (Å²) >= 11 is 0. The number of nitrogens with zero attached hydrogens (tertiary/aromatic N) is 1. The van der Waals surface area contributed by atoms with Crippen molar-refractivity contribution in [1.82, 2.24) is 4.98 Å². The number of benzene rings is 1. The maximum atomic E-state index is 5.71. The minimum Gasteiger partial charge on any atom is -0.492 e. The molecule has 0 saturated heterocycles. The fourth-order valence-electron chi connectivity index (χ4n) is 4.68. The maximum absolute atomic E-state index is 5.71. The molecule has 0 aliphatic heterocycles. The van der Waals surface area contributed by atoms with E-state index in [9.17, 15) is 0 Å². The third kappa shape index (κ3) is 7.45. The number of aromatic nitrogens is 1. The zero-order valence-corrected chi connectivity index (χ0v) is 19.2. The molecule has 1 aliphatic rings. The topological polar surface area (TPSA) is 22.1 Å². The van der Waals surface area contributed by atoms with Gasteiger partial charge in [-0.1, -0.05) is 95.9 Å². The van der Waals surface area contributed by atoms with Gasteiger partial charge in [-0.15, -0.1) is 0 Å². The number of hydrogen-bond donors (Lipinski definition) is 0. The SMILES string of the molecule is CCCCC[C@H]1CC[C@H](CCc2ccc(-c3ccc(OCCCC)cn3)cc2)CC1. The van der Waals surface area contributed by atoms with E-state index < -0.39 is 0 Å². The first-order valence-electron chi connectivity index (χ1n) is 12.5. The maximum Gasteiger partial charge on any atom is 0.137 e. The third-order valence-corrected chi connectivity index (χ3v) is 6.78. The van der Waals surface area contributed by atoms with E-state index in [1.54, 1.807) is 0 Å². The van der Waals surface area contributed by atoms with Crippen LogP contribution in [0.1, 0.15) is 90.0 Å². The van der Waals surface area contributed by atoms with Crippen molar-refractivity contribution in [2.45, 2.75) is 90.9 Å². The second kappa shape index (κ2) is 12.8. The summed E-state index contributed by atoms with van der Waals surface area (Å²) in [5, 5.41) is 0. The number of aryl methyl sites for hydroxylation is 1. The average molecular weight is 408 g/mol. The minimum atomic E-state index is 0.771. The molecule has 0 radical (unpaired) electrons. The number of pyridine rings is 1. The van der Waals surface area contributed by atoms with E-state index in [2.05, 4.69) is 49.2 Å². The summed E-state index contributed by atoms with van der Waals surface area (Å²) in [6, 6.07) is 13.1. The van der Waals surface area contributed by atoms with Gasteiger partial charge in [0.25, 0.3) is 0 Å². The first-order valence-corrected chi connectivity index (χ1v) is 12.5. The van der Waals surface area contributed by atoms with Crippen LogP contribution in [0.2, 0.25) is 0 Å². The molecule has 1 saturated carbocycles. The average Bonchev–Trinajstić information content (AvgIpc) is 2.80. The largest absolute Gasteiger partial charge is 0.492 e. The van der Waals surface area contributed by atoms with Gasteiger partial charge in [-0.25, -0.2) is 0 Å². The lowest BCUT2D eigenvalue weighted by atomic mass is 9.78. The quantitative estimate of drug-likeness (QED) is 0.330. The van der Waals surface area contributed by atoms with Crippen LogP contribution in [0.4, 0.5) is 0 Å². The zero-order valence-electron chi connectivity index (χ0n) is 19.2. The summed E-state index contributed by atoms with van der Waals surface area (Å²) in [5.41, 5.74) is 3.67. The van der Waals surface area contributed by atoms with Crippen LogP contribution < -0.4 is 4.74 Å². The van der Waals surface area contributed by atoms with E-state index >= 15 is 0 Å². The molecule has 0 bridgehead atoms. The molecule has 1 aromatic carbocycles. The Morgan fingerprint density at radius 1 is 0.800 bits per heavy atom. The summed E-state index contributed by atoms with van der Waals surface area (Å²) in [4.78, 5) is 4.59. The summed E-state index contributed by atoms with van der Waals surface area (Å²) in [6.45, 7) is 5.25. The van der Waals surface area contributed by atoms with Gasteiger partial charge in [-0.05, 0) is 48.8 Å². The van der Waals surface area contributed by atoms with Crippen LogP contribution in [0.3, 0.4) is 0 Å². The molecule has 1 aromatic heterocycles. The predicted octanol–water partition coefficient (Wildman–Crippen LogP) is 8.25. The van der Waals surface area contributed by atoms with Crippen molar-refractivity contribution < 1.29 is 4.74 Å². The molecular weight excluding hydrogens is 366 g/mol. The second-order valence-corrected chi connectivity index (χ2v) is 9.20. The Bertz CT molecular complexity index is 698. The lowest BCUT2D eigenvalue weighted by Crippen LogP contribution is -2.15. The molecule has 1 aliphatic carbocycles. The highest BCUT2D eigenvalue weighted by Crippen LogP contribution is 2.34. The molecular formula is C28H41NO. The van der Waals surface area contributed by atoms with Crippen molar-refractivity contribution in [2.75, 3.05) is 6.61 Å². The fraction of sp³-hybridized carbons (Fsp3) is 0.607. The molecule has 0 atom stereocenters. The van der Waals surface area contributed by atoms with E-state index in [1.807, 2.05) is 12.3 Å². The summed E-state index contributed by atoms with van der Waals surface area (Å²) in [7, 11) is 0. The number of hydrogen-bond acceptors (Lipinski definition) is 2. The Kier molecular flexibility index (Phi) is 9.73. The molecule has 0 N–H and O–H groups in total. The van der Waals surface area contributed by atoms with E-state index in [1.165, 1.54) is 75.3 Å². The van der Waals surface area contributed by atoms with Crippen molar-refractivity contribution in [3.8, 4) is 17.0 Å². The van der Waals surface area contributed by atoms with E-state index in [-0.39, 0.29) is 0 Å². The molecule has 164 valence electrons. The molecule has 30 heavy (non-hydrogen) atoms. The number of rotatable bonds is 12.